The summed E-state index contributed by atoms with van der Waals surface area (Å²) in [5, 5.41) is 23.4. The van der Waals surface area contributed by atoms with E-state index in [2.05, 4.69) is 34.1 Å². The van der Waals surface area contributed by atoms with Crippen LogP contribution in [0.1, 0.15) is 46.0 Å². The lowest BCUT2D eigenvalue weighted by Crippen LogP contribution is -2.45. The zero-order valence-corrected chi connectivity index (χ0v) is 16.0. The van der Waals surface area contributed by atoms with Crippen LogP contribution in [0.4, 0.5) is 0 Å². The molecule has 0 aromatic carbocycles. The van der Waals surface area contributed by atoms with Gasteiger partial charge in [0.25, 0.3) is 5.91 Å². The van der Waals surface area contributed by atoms with Gasteiger partial charge < -0.3 is 20.3 Å². The fraction of sp³-hybridized carbons (Fsp3) is 0.667. The molecule has 0 radical (unpaired) electrons. The van der Waals surface area contributed by atoms with E-state index in [0.29, 0.717) is 17.1 Å². The number of rotatable bonds is 6. The van der Waals surface area contributed by atoms with Crippen molar-refractivity contribution < 1.29 is 19.7 Å². The van der Waals surface area contributed by atoms with Crippen LogP contribution in [0, 0.1) is 5.92 Å². The van der Waals surface area contributed by atoms with Gasteiger partial charge in [0.15, 0.2) is 18.0 Å². The van der Waals surface area contributed by atoms with Crippen molar-refractivity contribution in [2.45, 2.75) is 71.1 Å². The maximum Gasteiger partial charge on any atom is 0.252 e. The van der Waals surface area contributed by atoms with Crippen LogP contribution < -0.4 is 5.32 Å². The van der Waals surface area contributed by atoms with Gasteiger partial charge in [-0.3, -0.25) is 9.36 Å². The summed E-state index contributed by atoms with van der Waals surface area (Å²) >= 11 is 0. The molecule has 148 valence electrons. The molecule has 2 aromatic heterocycles. The van der Waals surface area contributed by atoms with Crippen LogP contribution in [0.3, 0.4) is 0 Å². The van der Waals surface area contributed by atoms with Crippen LogP contribution in [-0.4, -0.2) is 60.0 Å². The molecule has 1 saturated heterocycles. The van der Waals surface area contributed by atoms with E-state index in [0.717, 1.165) is 18.5 Å². The summed E-state index contributed by atoms with van der Waals surface area (Å²) in [6, 6.07) is -0.102. The molecule has 3 N–H and O–H groups in total. The van der Waals surface area contributed by atoms with Gasteiger partial charge in [0.1, 0.15) is 24.1 Å². The number of ether oxygens (including phenoxy) is 1. The fourth-order valence-corrected chi connectivity index (χ4v) is 3.17. The molecule has 0 unspecified atom stereocenters. The molecule has 1 amide bonds. The average molecular weight is 377 g/mol. The second-order valence-corrected chi connectivity index (χ2v) is 7.67. The summed E-state index contributed by atoms with van der Waals surface area (Å²) in [6.07, 6.45) is -0.0411. The Kier molecular flexibility index (Phi) is 5.73. The molecule has 0 bridgehead atoms. The number of carbonyl (C=O) groups is 1. The van der Waals surface area contributed by atoms with Gasteiger partial charge in [0.2, 0.25) is 0 Å². The van der Waals surface area contributed by atoms with Crippen LogP contribution >= 0.6 is 0 Å². The van der Waals surface area contributed by atoms with Crippen molar-refractivity contribution in [2.75, 3.05) is 0 Å². The zero-order chi connectivity index (χ0) is 19.7. The van der Waals surface area contributed by atoms with Crippen molar-refractivity contribution in [1.29, 1.82) is 0 Å². The summed E-state index contributed by atoms with van der Waals surface area (Å²) in [5.41, 5.74) is 1.97. The summed E-state index contributed by atoms with van der Waals surface area (Å²) in [5.74, 6) is 0.0724. The SMILES string of the molecule is CC(C)CCc1ncnc2c1ncn2[C@@H]1O[C@H](C(=O)NC(C)C)[C@@H](O)[C@H]1O. The van der Waals surface area contributed by atoms with Gasteiger partial charge in [-0.05, 0) is 32.6 Å². The molecule has 4 atom stereocenters. The second-order valence-electron chi connectivity index (χ2n) is 7.67. The lowest BCUT2D eigenvalue weighted by atomic mass is 10.1. The number of hydrogen-bond acceptors (Lipinski definition) is 7. The summed E-state index contributed by atoms with van der Waals surface area (Å²) in [4.78, 5) is 25.2. The van der Waals surface area contributed by atoms with Gasteiger partial charge in [-0.25, -0.2) is 15.0 Å². The maximum absolute atomic E-state index is 12.2. The van der Waals surface area contributed by atoms with Gasteiger partial charge in [-0.15, -0.1) is 0 Å². The Morgan fingerprint density at radius 1 is 1.22 bits per heavy atom. The van der Waals surface area contributed by atoms with Gasteiger partial charge in [0.05, 0.1) is 12.0 Å². The van der Waals surface area contributed by atoms with E-state index >= 15 is 0 Å². The van der Waals surface area contributed by atoms with Crippen LogP contribution in [-0.2, 0) is 16.0 Å². The molecule has 0 saturated carbocycles. The Balaban J connectivity index is 1.87. The monoisotopic (exact) mass is 377 g/mol. The minimum Gasteiger partial charge on any atom is -0.387 e. The van der Waals surface area contributed by atoms with E-state index in [9.17, 15) is 15.0 Å². The highest BCUT2D eigenvalue weighted by molar-refractivity contribution is 5.82. The predicted octanol–water partition coefficient (Wildman–Crippen LogP) is 0.559. The molecule has 27 heavy (non-hydrogen) atoms. The Morgan fingerprint density at radius 3 is 2.63 bits per heavy atom. The van der Waals surface area contributed by atoms with Gasteiger partial charge >= 0.3 is 0 Å². The lowest BCUT2D eigenvalue weighted by molar-refractivity contribution is -0.138. The van der Waals surface area contributed by atoms with Crippen LogP contribution in [0.25, 0.3) is 11.2 Å². The largest absolute Gasteiger partial charge is 0.387 e. The highest BCUT2D eigenvalue weighted by atomic mass is 16.6. The minimum absolute atomic E-state index is 0.102. The molecule has 9 heteroatoms. The van der Waals surface area contributed by atoms with E-state index in [1.54, 1.807) is 4.57 Å². The number of hydrogen-bond donors (Lipinski definition) is 3. The number of carbonyl (C=O) groups excluding carboxylic acids is 1. The molecule has 1 aliphatic heterocycles. The number of aliphatic hydroxyl groups is 2. The molecule has 9 nitrogen and oxygen atoms in total. The van der Waals surface area contributed by atoms with Crippen LogP contribution in [0.5, 0.6) is 0 Å². The molecule has 2 aromatic rings. The first-order chi connectivity index (χ1) is 12.8. The number of amides is 1. The summed E-state index contributed by atoms with van der Waals surface area (Å²) in [6.45, 7) is 7.91. The first-order valence-corrected chi connectivity index (χ1v) is 9.28. The van der Waals surface area contributed by atoms with Crippen molar-refractivity contribution in [1.82, 2.24) is 24.8 Å². The number of nitrogens with one attached hydrogen (secondary N) is 1. The number of aryl methyl sites for hydroxylation is 1. The first-order valence-electron chi connectivity index (χ1n) is 9.28. The van der Waals surface area contributed by atoms with E-state index < -0.39 is 30.4 Å². The Labute approximate surface area is 157 Å². The third-order valence-corrected chi connectivity index (χ3v) is 4.59. The topological polar surface area (TPSA) is 122 Å². The Hall–Kier alpha value is -2.10. The first kappa shape index (κ1) is 19.7. The minimum atomic E-state index is -1.34. The van der Waals surface area contributed by atoms with E-state index in [1.165, 1.54) is 12.7 Å². The summed E-state index contributed by atoms with van der Waals surface area (Å²) in [7, 11) is 0. The molecule has 1 aliphatic rings. The quantitative estimate of drug-likeness (QED) is 0.672. The molecule has 3 rings (SSSR count). The van der Waals surface area contributed by atoms with Crippen molar-refractivity contribution in [3.8, 4) is 0 Å². The predicted molar refractivity (Wildman–Crippen MR) is 97.7 cm³/mol. The molecular weight excluding hydrogens is 350 g/mol. The number of nitrogens with zero attached hydrogens (tertiary/aromatic N) is 4. The van der Waals surface area contributed by atoms with E-state index in [-0.39, 0.29) is 6.04 Å². The lowest BCUT2D eigenvalue weighted by Gasteiger charge is -2.17. The number of imidazole rings is 1. The number of fused-ring (bicyclic) bond motifs is 1. The van der Waals surface area contributed by atoms with Crippen LogP contribution in [0.15, 0.2) is 12.7 Å². The van der Waals surface area contributed by atoms with Gasteiger partial charge in [-0.1, -0.05) is 13.8 Å². The third kappa shape index (κ3) is 3.95. The van der Waals surface area contributed by atoms with E-state index in [1.807, 2.05) is 13.8 Å². The standard InChI is InChI=1S/C18H27N5O4/c1-9(2)5-6-11-12-16(20-7-19-11)23(8-21-12)18-14(25)13(24)15(27-18)17(26)22-10(3)4/h7-10,13-15,18,24-25H,5-6H2,1-4H3,(H,22,26)/t13-,14+,15-,18+/m0/s1. The zero-order valence-electron chi connectivity index (χ0n) is 16.0. The molecule has 0 spiro atoms. The number of aliphatic hydroxyl groups excluding tert-OH is 2. The fourth-order valence-electron chi connectivity index (χ4n) is 3.17. The molecule has 1 fully saturated rings. The normalized spacial score (nSPS) is 25.6. The summed E-state index contributed by atoms with van der Waals surface area (Å²) < 4.78 is 7.24. The second kappa shape index (κ2) is 7.87. The third-order valence-electron chi connectivity index (χ3n) is 4.59. The Bertz CT molecular complexity index is 806. The van der Waals surface area contributed by atoms with Crippen molar-refractivity contribution in [2.24, 2.45) is 5.92 Å². The highest BCUT2D eigenvalue weighted by Crippen LogP contribution is 2.32. The Morgan fingerprint density at radius 2 is 1.96 bits per heavy atom. The van der Waals surface area contributed by atoms with Crippen LogP contribution in [0.2, 0.25) is 0 Å². The van der Waals surface area contributed by atoms with Crippen molar-refractivity contribution in [3.05, 3.63) is 18.3 Å². The highest BCUT2D eigenvalue weighted by Gasteiger charge is 2.47. The number of aromatic nitrogens is 4. The maximum atomic E-state index is 12.2. The molecule has 3 heterocycles. The van der Waals surface area contributed by atoms with Gasteiger partial charge in [0, 0.05) is 6.04 Å². The smallest absolute Gasteiger partial charge is 0.252 e. The van der Waals surface area contributed by atoms with E-state index in [4.69, 9.17) is 4.74 Å². The van der Waals surface area contributed by atoms with Crippen molar-refractivity contribution >= 4 is 17.1 Å². The molecular formula is C18H27N5O4. The van der Waals surface area contributed by atoms with Gasteiger partial charge in [-0.2, -0.15) is 0 Å². The molecule has 0 aliphatic carbocycles. The average Bonchev–Trinajstić information content (AvgIpc) is 3.15. The van der Waals surface area contributed by atoms with Crippen molar-refractivity contribution in [3.63, 3.8) is 0 Å².